The van der Waals surface area contributed by atoms with Gasteiger partial charge >= 0.3 is 12.1 Å². The highest BCUT2D eigenvalue weighted by molar-refractivity contribution is 5.89. The van der Waals surface area contributed by atoms with Crippen LogP contribution in [0.1, 0.15) is 25.8 Å². The van der Waals surface area contributed by atoms with Crippen LogP contribution in [0.3, 0.4) is 0 Å². The minimum atomic E-state index is -1.24. The minimum Gasteiger partial charge on any atom is -0.467 e. The van der Waals surface area contributed by atoms with E-state index in [1.807, 2.05) is 32.0 Å². The molecule has 0 aliphatic rings. The molecule has 0 unspecified atom stereocenters. The minimum absolute atomic E-state index is 0.0323. The fraction of sp³-hybridized carbons (Fsp3) is 0.500. The van der Waals surface area contributed by atoms with Crippen LogP contribution in [0.4, 0.5) is 4.79 Å². The van der Waals surface area contributed by atoms with Gasteiger partial charge in [0.05, 0.1) is 13.7 Å². The van der Waals surface area contributed by atoms with Gasteiger partial charge in [-0.3, -0.25) is 4.79 Å². The maximum Gasteiger partial charge on any atom is 0.408 e. The summed E-state index contributed by atoms with van der Waals surface area (Å²) in [6, 6.07) is 6.93. The highest BCUT2D eigenvalue weighted by Crippen LogP contribution is 2.07. The molecular weight excluding hydrogens is 340 g/mol. The molecule has 8 heteroatoms. The number of rotatable bonds is 9. The molecule has 0 radical (unpaired) electrons. The van der Waals surface area contributed by atoms with Crippen molar-refractivity contribution in [2.45, 2.75) is 39.0 Å². The van der Waals surface area contributed by atoms with Crippen molar-refractivity contribution in [1.82, 2.24) is 10.6 Å². The Labute approximate surface area is 152 Å². The molecule has 0 aliphatic carbocycles. The number of alkyl carbamates (subject to hydrolysis) is 1. The lowest BCUT2D eigenvalue weighted by atomic mass is 10.0. The van der Waals surface area contributed by atoms with Crippen molar-refractivity contribution in [3.8, 4) is 0 Å². The first-order valence-corrected chi connectivity index (χ1v) is 8.33. The molecule has 144 valence electrons. The summed E-state index contributed by atoms with van der Waals surface area (Å²) in [4.78, 5) is 35.8. The first-order valence-electron chi connectivity index (χ1n) is 8.33. The van der Waals surface area contributed by atoms with E-state index < -0.39 is 36.7 Å². The molecule has 0 aliphatic heterocycles. The fourth-order valence-electron chi connectivity index (χ4n) is 2.20. The Hall–Kier alpha value is -2.61. The molecule has 0 saturated carbocycles. The molecule has 0 heterocycles. The van der Waals surface area contributed by atoms with Crippen molar-refractivity contribution in [2.24, 2.45) is 5.92 Å². The summed E-state index contributed by atoms with van der Waals surface area (Å²) in [7, 11) is 1.23. The topological polar surface area (TPSA) is 114 Å². The second-order valence-electron chi connectivity index (χ2n) is 6.16. The summed E-state index contributed by atoms with van der Waals surface area (Å²) in [5.41, 5.74) is 0.787. The van der Waals surface area contributed by atoms with Crippen LogP contribution in [0.5, 0.6) is 0 Å². The summed E-state index contributed by atoms with van der Waals surface area (Å²) in [6.07, 6.45) is -0.476. The van der Waals surface area contributed by atoms with Crippen LogP contribution in [0.2, 0.25) is 0 Å². The number of hydrogen-bond acceptors (Lipinski definition) is 6. The lowest BCUT2D eigenvalue weighted by Gasteiger charge is -2.22. The number of benzene rings is 1. The maximum atomic E-state index is 12.2. The van der Waals surface area contributed by atoms with Gasteiger partial charge in [0.2, 0.25) is 5.91 Å². The van der Waals surface area contributed by atoms with Gasteiger partial charge < -0.3 is 25.2 Å². The zero-order valence-electron chi connectivity index (χ0n) is 15.2. The number of aliphatic hydroxyl groups excluding tert-OH is 1. The summed E-state index contributed by atoms with van der Waals surface area (Å²) in [5.74, 6) is -1.15. The molecule has 1 aromatic carbocycles. The number of carbonyl (C=O) groups is 3. The number of nitrogens with one attached hydrogen (secondary N) is 2. The first-order chi connectivity index (χ1) is 12.4. The molecule has 0 fully saturated rings. The van der Waals surface area contributed by atoms with Gasteiger partial charge in [0.15, 0.2) is 0 Å². The second kappa shape index (κ2) is 11.1. The summed E-state index contributed by atoms with van der Waals surface area (Å²) in [6.45, 7) is 3.18. The number of carbonyl (C=O) groups excluding carboxylic acids is 3. The molecule has 1 rings (SSSR count). The van der Waals surface area contributed by atoms with Crippen molar-refractivity contribution in [2.75, 3.05) is 13.7 Å². The van der Waals surface area contributed by atoms with E-state index in [1.165, 1.54) is 7.11 Å². The largest absolute Gasteiger partial charge is 0.467 e. The maximum absolute atomic E-state index is 12.2. The van der Waals surface area contributed by atoms with E-state index in [2.05, 4.69) is 15.4 Å². The van der Waals surface area contributed by atoms with E-state index in [1.54, 1.807) is 12.1 Å². The molecule has 0 aromatic heterocycles. The van der Waals surface area contributed by atoms with Crippen LogP contribution < -0.4 is 10.6 Å². The van der Waals surface area contributed by atoms with Crippen molar-refractivity contribution >= 4 is 18.0 Å². The summed E-state index contributed by atoms with van der Waals surface area (Å²) >= 11 is 0. The predicted octanol–water partition coefficient (Wildman–Crippen LogP) is 0.978. The van der Waals surface area contributed by atoms with Gasteiger partial charge in [-0.1, -0.05) is 44.2 Å². The number of aliphatic hydroxyl groups is 1. The number of amides is 2. The molecule has 26 heavy (non-hydrogen) atoms. The number of ether oxygens (including phenoxy) is 2. The Balaban J connectivity index is 2.57. The van der Waals surface area contributed by atoms with Crippen LogP contribution in [0.15, 0.2) is 30.3 Å². The standard InChI is InChI=1S/C18H26N2O6/c1-12(2)9-14(17(23)25-3)19-16(22)15(10-21)20-18(24)26-11-13-7-5-4-6-8-13/h4-8,12,14-15,21H,9-11H2,1-3H3,(H,19,22)(H,20,24)/t14-,15-/m1/s1. The molecule has 2 atom stereocenters. The van der Waals surface area contributed by atoms with Crippen molar-refractivity contribution in [3.63, 3.8) is 0 Å². The molecule has 0 saturated heterocycles. The van der Waals surface area contributed by atoms with Crippen LogP contribution in [0.25, 0.3) is 0 Å². The van der Waals surface area contributed by atoms with Gasteiger partial charge in [-0.05, 0) is 17.9 Å². The highest BCUT2D eigenvalue weighted by Gasteiger charge is 2.27. The SMILES string of the molecule is COC(=O)[C@@H](CC(C)C)NC(=O)[C@@H](CO)NC(=O)OCc1ccccc1. The lowest BCUT2D eigenvalue weighted by molar-refractivity contribution is -0.145. The van der Waals surface area contributed by atoms with Gasteiger partial charge in [-0.15, -0.1) is 0 Å². The Bertz CT molecular complexity index is 591. The van der Waals surface area contributed by atoms with Crippen LogP contribution in [-0.2, 0) is 25.7 Å². The van der Waals surface area contributed by atoms with Gasteiger partial charge in [0, 0.05) is 0 Å². The van der Waals surface area contributed by atoms with E-state index in [0.29, 0.717) is 6.42 Å². The Kier molecular flexibility index (Phi) is 9.14. The first kappa shape index (κ1) is 21.4. The van der Waals surface area contributed by atoms with E-state index in [0.717, 1.165) is 5.56 Å². The van der Waals surface area contributed by atoms with Gasteiger partial charge in [-0.25, -0.2) is 9.59 Å². The zero-order valence-corrected chi connectivity index (χ0v) is 15.2. The molecule has 0 spiro atoms. The number of esters is 1. The Morgan fingerprint density at radius 2 is 1.73 bits per heavy atom. The van der Waals surface area contributed by atoms with Crippen LogP contribution in [-0.4, -0.2) is 48.9 Å². The van der Waals surface area contributed by atoms with Gasteiger partial charge in [0.25, 0.3) is 0 Å². The molecule has 2 amide bonds. The fourth-order valence-corrected chi connectivity index (χ4v) is 2.20. The normalized spacial score (nSPS) is 12.8. The monoisotopic (exact) mass is 366 g/mol. The lowest BCUT2D eigenvalue weighted by Crippen LogP contribution is -2.53. The van der Waals surface area contributed by atoms with Crippen molar-refractivity contribution in [1.29, 1.82) is 0 Å². The number of methoxy groups -OCH3 is 1. The van der Waals surface area contributed by atoms with Crippen molar-refractivity contribution in [3.05, 3.63) is 35.9 Å². The molecular formula is C18H26N2O6. The summed E-state index contributed by atoms with van der Waals surface area (Å²) < 4.78 is 9.68. The molecule has 8 nitrogen and oxygen atoms in total. The average molecular weight is 366 g/mol. The van der Waals surface area contributed by atoms with E-state index in [4.69, 9.17) is 4.74 Å². The predicted molar refractivity (Wildman–Crippen MR) is 94.0 cm³/mol. The van der Waals surface area contributed by atoms with Crippen molar-refractivity contribution < 1.29 is 29.0 Å². The Morgan fingerprint density at radius 1 is 1.08 bits per heavy atom. The third kappa shape index (κ3) is 7.52. The van der Waals surface area contributed by atoms with E-state index in [-0.39, 0.29) is 12.5 Å². The molecule has 0 bridgehead atoms. The Morgan fingerprint density at radius 3 is 2.27 bits per heavy atom. The second-order valence-corrected chi connectivity index (χ2v) is 6.16. The third-order valence-corrected chi connectivity index (χ3v) is 3.51. The van der Waals surface area contributed by atoms with Crippen LogP contribution in [0, 0.1) is 5.92 Å². The van der Waals surface area contributed by atoms with Gasteiger partial charge in [0.1, 0.15) is 18.7 Å². The zero-order chi connectivity index (χ0) is 19.5. The van der Waals surface area contributed by atoms with Crippen LogP contribution >= 0.6 is 0 Å². The average Bonchev–Trinajstić information content (AvgIpc) is 2.63. The number of hydrogen-bond donors (Lipinski definition) is 3. The summed E-state index contributed by atoms with van der Waals surface area (Å²) in [5, 5.41) is 14.1. The van der Waals surface area contributed by atoms with E-state index in [9.17, 15) is 19.5 Å². The molecule has 1 aromatic rings. The smallest absolute Gasteiger partial charge is 0.408 e. The molecule has 3 N–H and O–H groups in total. The quantitative estimate of drug-likeness (QED) is 0.561. The van der Waals surface area contributed by atoms with Gasteiger partial charge in [-0.2, -0.15) is 0 Å². The van der Waals surface area contributed by atoms with E-state index >= 15 is 0 Å². The third-order valence-electron chi connectivity index (χ3n) is 3.51. The highest BCUT2D eigenvalue weighted by atomic mass is 16.5.